The zero-order valence-electron chi connectivity index (χ0n) is 11.7. The predicted octanol–water partition coefficient (Wildman–Crippen LogP) is 4.32. The van der Waals surface area contributed by atoms with Crippen LogP contribution in [0.3, 0.4) is 0 Å². The van der Waals surface area contributed by atoms with Crippen LogP contribution < -0.4 is 0 Å². The summed E-state index contributed by atoms with van der Waals surface area (Å²) in [7, 11) is 0. The number of hydrogen-bond donors (Lipinski definition) is 1. The second-order valence-electron chi connectivity index (χ2n) is 5.37. The van der Waals surface area contributed by atoms with E-state index in [-0.39, 0.29) is 12.0 Å². The van der Waals surface area contributed by atoms with E-state index in [0.29, 0.717) is 5.92 Å². The zero-order chi connectivity index (χ0) is 13.4. The molecule has 100 valence electrons. The van der Waals surface area contributed by atoms with E-state index in [2.05, 4.69) is 44.7 Å². The van der Waals surface area contributed by atoms with Crippen molar-refractivity contribution >= 4 is 0 Å². The molecule has 1 rings (SSSR count). The minimum absolute atomic E-state index is 0.0948. The zero-order valence-corrected chi connectivity index (χ0v) is 11.7. The molecule has 0 fully saturated rings. The van der Waals surface area contributed by atoms with E-state index in [1.165, 1.54) is 5.56 Å². The van der Waals surface area contributed by atoms with Crippen molar-refractivity contribution in [2.75, 3.05) is 6.61 Å². The van der Waals surface area contributed by atoms with E-state index >= 15 is 0 Å². The summed E-state index contributed by atoms with van der Waals surface area (Å²) in [5.41, 5.74) is 1.17. The summed E-state index contributed by atoms with van der Waals surface area (Å²) in [6, 6.07) is 10.4. The third-order valence-corrected chi connectivity index (χ3v) is 4.02. The summed E-state index contributed by atoms with van der Waals surface area (Å²) in [6.45, 7) is 8.39. The van der Waals surface area contributed by atoms with Gasteiger partial charge in [0.2, 0.25) is 0 Å². The number of unbranched alkanes of at least 4 members (excludes halogenated alkanes) is 2. The Labute approximate surface area is 112 Å². The summed E-state index contributed by atoms with van der Waals surface area (Å²) >= 11 is 0. The molecule has 0 saturated heterocycles. The molecule has 1 aromatic carbocycles. The highest BCUT2D eigenvalue weighted by Gasteiger charge is 2.34. The molecule has 0 bridgehead atoms. The van der Waals surface area contributed by atoms with E-state index in [1.807, 2.05) is 12.1 Å². The summed E-state index contributed by atoms with van der Waals surface area (Å²) in [5, 5.41) is 9.94. The average molecular weight is 246 g/mol. The van der Waals surface area contributed by atoms with Crippen LogP contribution in [0.4, 0.5) is 0 Å². The van der Waals surface area contributed by atoms with Gasteiger partial charge < -0.3 is 5.11 Å². The fourth-order valence-corrected chi connectivity index (χ4v) is 2.62. The quantitative estimate of drug-likeness (QED) is 0.535. The molecule has 0 saturated carbocycles. The van der Waals surface area contributed by atoms with Crippen LogP contribution in [0.1, 0.15) is 45.1 Å². The first kappa shape index (κ1) is 15.0. The smallest absolute Gasteiger partial charge is 0.0530 e. The van der Waals surface area contributed by atoms with Crippen LogP contribution in [0.5, 0.6) is 0 Å². The highest BCUT2D eigenvalue weighted by atomic mass is 16.3. The van der Waals surface area contributed by atoms with Crippen LogP contribution in [-0.4, -0.2) is 11.7 Å². The molecule has 0 heterocycles. The van der Waals surface area contributed by atoms with Crippen molar-refractivity contribution in [3.63, 3.8) is 0 Å². The number of allylic oxidation sites excluding steroid dienone is 1. The van der Waals surface area contributed by atoms with Crippen LogP contribution in [-0.2, 0) is 5.41 Å². The van der Waals surface area contributed by atoms with Gasteiger partial charge in [-0.1, -0.05) is 56.7 Å². The van der Waals surface area contributed by atoms with Crippen molar-refractivity contribution in [2.45, 2.75) is 44.9 Å². The van der Waals surface area contributed by atoms with Gasteiger partial charge >= 0.3 is 0 Å². The molecule has 0 aliphatic carbocycles. The lowest BCUT2D eigenvalue weighted by Crippen LogP contribution is -2.36. The van der Waals surface area contributed by atoms with E-state index in [0.717, 1.165) is 25.7 Å². The van der Waals surface area contributed by atoms with Gasteiger partial charge in [-0.05, 0) is 30.7 Å². The van der Waals surface area contributed by atoms with Crippen LogP contribution in [0.2, 0.25) is 0 Å². The molecule has 1 nitrogen and oxygen atoms in total. The van der Waals surface area contributed by atoms with Gasteiger partial charge in [-0.2, -0.15) is 0 Å². The Bertz CT molecular complexity index is 342. The minimum Gasteiger partial charge on any atom is -0.395 e. The first-order valence-corrected chi connectivity index (χ1v) is 6.94. The first-order chi connectivity index (χ1) is 8.67. The van der Waals surface area contributed by atoms with Crippen molar-refractivity contribution in [1.82, 2.24) is 0 Å². The van der Waals surface area contributed by atoms with E-state index < -0.39 is 0 Å². The maximum Gasteiger partial charge on any atom is 0.0530 e. The van der Waals surface area contributed by atoms with Crippen LogP contribution >= 0.6 is 0 Å². The Morgan fingerprint density at radius 1 is 1.22 bits per heavy atom. The number of aliphatic hydroxyl groups excluding tert-OH is 1. The van der Waals surface area contributed by atoms with E-state index in [1.54, 1.807) is 0 Å². The van der Waals surface area contributed by atoms with Gasteiger partial charge in [0.05, 0.1) is 6.61 Å². The van der Waals surface area contributed by atoms with Crippen molar-refractivity contribution in [3.05, 3.63) is 48.6 Å². The maximum atomic E-state index is 9.94. The van der Waals surface area contributed by atoms with E-state index in [4.69, 9.17) is 0 Å². The van der Waals surface area contributed by atoms with Crippen LogP contribution in [0.15, 0.2) is 43.0 Å². The second kappa shape index (κ2) is 7.38. The molecule has 0 aliphatic heterocycles. The van der Waals surface area contributed by atoms with Gasteiger partial charge in [0.1, 0.15) is 0 Å². The van der Waals surface area contributed by atoms with Crippen molar-refractivity contribution < 1.29 is 5.11 Å². The molecular formula is C17H26O. The lowest BCUT2D eigenvalue weighted by Gasteiger charge is -2.37. The van der Waals surface area contributed by atoms with Gasteiger partial charge in [0.25, 0.3) is 0 Å². The molecule has 0 aliphatic rings. The van der Waals surface area contributed by atoms with Crippen molar-refractivity contribution in [2.24, 2.45) is 5.92 Å². The molecule has 0 amide bonds. The predicted molar refractivity (Wildman–Crippen MR) is 78.7 cm³/mol. The average Bonchev–Trinajstić information content (AvgIpc) is 2.40. The molecule has 1 N–H and O–H groups in total. The Morgan fingerprint density at radius 3 is 2.39 bits per heavy atom. The lowest BCUT2D eigenvalue weighted by atomic mass is 9.69. The third kappa shape index (κ3) is 3.46. The molecule has 0 aromatic heterocycles. The number of aliphatic hydroxyl groups is 1. The van der Waals surface area contributed by atoms with Gasteiger partial charge in [-0.3, -0.25) is 0 Å². The molecule has 1 aromatic rings. The molecule has 0 spiro atoms. The summed E-state index contributed by atoms with van der Waals surface area (Å²) in [5.74, 6) is 0.439. The molecular weight excluding hydrogens is 220 g/mol. The van der Waals surface area contributed by atoms with Gasteiger partial charge in [-0.25, -0.2) is 0 Å². The SMILES string of the molecule is C=CCCCCC(CO)(c1ccccc1)C(C)C. The number of hydrogen-bond acceptors (Lipinski definition) is 1. The molecule has 1 atom stereocenters. The highest BCUT2D eigenvalue weighted by molar-refractivity contribution is 5.26. The fourth-order valence-electron chi connectivity index (χ4n) is 2.62. The minimum atomic E-state index is -0.0948. The van der Waals surface area contributed by atoms with Gasteiger partial charge in [0, 0.05) is 5.41 Å². The molecule has 0 radical (unpaired) electrons. The standard InChI is InChI=1S/C17H26O/c1-4-5-6-10-13-17(14-18,15(2)3)16-11-8-7-9-12-16/h4,7-9,11-12,15,18H,1,5-6,10,13-14H2,2-3H3. The monoisotopic (exact) mass is 246 g/mol. The number of benzene rings is 1. The van der Waals surface area contributed by atoms with Crippen LogP contribution in [0.25, 0.3) is 0 Å². The summed E-state index contributed by atoms with van der Waals surface area (Å²) in [6.07, 6.45) is 6.37. The number of rotatable bonds is 8. The Kier molecular flexibility index (Phi) is 6.14. The highest BCUT2D eigenvalue weighted by Crippen LogP contribution is 2.37. The molecule has 1 unspecified atom stereocenters. The Morgan fingerprint density at radius 2 is 1.89 bits per heavy atom. The topological polar surface area (TPSA) is 20.2 Å². The lowest BCUT2D eigenvalue weighted by molar-refractivity contribution is 0.137. The normalized spacial score (nSPS) is 14.4. The molecule has 18 heavy (non-hydrogen) atoms. The Hall–Kier alpha value is -1.08. The fraction of sp³-hybridized carbons (Fsp3) is 0.529. The second-order valence-corrected chi connectivity index (χ2v) is 5.37. The largest absolute Gasteiger partial charge is 0.395 e. The third-order valence-electron chi connectivity index (χ3n) is 4.02. The molecule has 1 heteroatoms. The van der Waals surface area contributed by atoms with Gasteiger partial charge in [0.15, 0.2) is 0 Å². The van der Waals surface area contributed by atoms with E-state index in [9.17, 15) is 5.11 Å². The Balaban J connectivity index is 2.85. The van der Waals surface area contributed by atoms with Crippen molar-refractivity contribution in [1.29, 1.82) is 0 Å². The maximum absolute atomic E-state index is 9.94. The van der Waals surface area contributed by atoms with Crippen LogP contribution in [0, 0.1) is 5.92 Å². The van der Waals surface area contributed by atoms with Crippen molar-refractivity contribution in [3.8, 4) is 0 Å². The summed E-state index contributed by atoms with van der Waals surface area (Å²) < 4.78 is 0. The van der Waals surface area contributed by atoms with Gasteiger partial charge in [-0.15, -0.1) is 6.58 Å². The first-order valence-electron chi connectivity index (χ1n) is 6.94. The summed E-state index contributed by atoms with van der Waals surface area (Å²) in [4.78, 5) is 0.